The fraction of sp³-hybridized carbons (Fsp3) is 0.263. The molecular weight excluding hydrogens is 396 g/mol. The van der Waals surface area contributed by atoms with Gasteiger partial charge in [-0.05, 0) is 32.0 Å². The third-order valence-corrected chi connectivity index (χ3v) is 5.37. The Hall–Kier alpha value is -2.78. The number of hydrogen-bond acceptors (Lipinski definition) is 7. The quantitative estimate of drug-likeness (QED) is 0.608. The van der Waals surface area contributed by atoms with Crippen molar-refractivity contribution in [3.63, 3.8) is 0 Å². The maximum Gasteiger partial charge on any atom is 0.259 e. The zero-order valence-electron chi connectivity index (χ0n) is 15.7. The molecule has 2 amide bonds. The Balaban J connectivity index is 1.62. The molecule has 0 spiro atoms. The average Bonchev–Trinajstić information content (AvgIpc) is 3.29. The molecule has 3 aromatic heterocycles. The van der Waals surface area contributed by atoms with Gasteiger partial charge in [0.15, 0.2) is 5.13 Å². The van der Waals surface area contributed by atoms with Gasteiger partial charge in [0.25, 0.3) is 5.91 Å². The second-order valence-corrected chi connectivity index (χ2v) is 8.25. The zero-order chi connectivity index (χ0) is 20.1. The van der Waals surface area contributed by atoms with Crippen LogP contribution >= 0.6 is 22.7 Å². The van der Waals surface area contributed by atoms with Crippen LogP contribution in [0.15, 0.2) is 35.8 Å². The van der Waals surface area contributed by atoms with E-state index < -0.39 is 0 Å². The van der Waals surface area contributed by atoms with Gasteiger partial charge in [-0.2, -0.15) is 0 Å². The van der Waals surface area contributed by atoms with E-state index in [4.69, 9.17) is 4.74 Å². The number of hydrogen-bond donors (Lipinski definition) is 2. The highest BCUT2D eigenvalue weighted by Gasteiger charge is 2.12. The third kappa shape index (κ3) is 5.37. The predicted octanol–water partition coefficient (Wildman–Crippen LogP) is 3.94. The van der Waals surface area contributed by atoms with E-state index in [0.29, 0.717) is 23.1 Å². The summed E-state index contributed by atoms with van der Waals surface area (Å²) < 4.78 is 5.48. The van der Waals surface area contributed by atoms with Crippen molar-refractivity contribution >= 4 is 39.6 Å². The number of anilines is 1. The molecule has 0 aliphatic rings. The molecule has 146 valence electrons. The molecule has 0 saturated heterocycles. The number of thiazole rings is 1. The second kappa shape index (κ2) is 8.94. The van der Waals surface area contributed by atoms with Gasteiger partial charge in [-0.3, -0.25) is 14.9 Å². The van der Waals surface area contributed by atoms with Gasteiger partial charge in [0.2, 0.25) is 11.8 Å². The van der Waals surface area contributed by atoms with Crippen molar-refractivity contribution in [3.8, 4) is 16.5 Å². The summed E-state index contributed by atoms with van der Waals surface area (Å²) >= 11 is 2.91. The molecule has 0 fully saturated rings. The van der Waals surface area contributed by atoms with Gasteiger partial charge in [0, 0.05) is 29.4 Å². The van der Waals surface area contributed by atoms with E-state index in [1.165, 1.54) is 24.5 Å². The Labute approximate surface area is 170 Å². The molecule has 0 aromatic carbocycles. The molecule has 2 N–H and O–H groups in total. The molecule has 28 heavy (non-hydrogen) atoms. The molecule has 7 nitrogen and oxygen atoms in total. The Morgan fingerprint density at radius 2 is 2.04 bits per heavy atom. The van der Waals surface area contributed by atoms with Crippen molar-refractivity contribution in [2.45, 2.75) is 33.4 Å². The number of carbonyl (C=O) groups is 2. The number of nitrogens with zero attached hydrogens (tertiary/aromatic N) is 2. The van der Waals surface area contributed by atoms with Crippen LogP contribution in [-0.2, 0) is 11.3 Å². The zero-order valence-corrected chi connectivity index (χ0v) is 17.3. The van der Waals surface area contributed by atoms with Crippen LogP contribution in [0.25, 0.3) is 10.6 Å². The third-order valence-electron chi connectivity index (χ3n) is 3.51. The summed E-state index contributed by atoms with van der Waals surface area (Å²) in [5, 5.41) is 7.97. The molecule has 0 saturated carbocycles. The van der Waals surface area contributed by atoms with Gasteiger partial charge in [-0.15, -0.1) is 22.7 Å². The van der Waals surface area contributed by atoms with Crippen LogP contribution in [0.2, 0.25) is 0 Å². The van der Waals surface area contributed by atoms with Crippen molar-refractivity contribution in [2.75, 3.05) is 5.32 Å². The monoisotopic (exact) mass is 416 g/mol. The molecule has 0 bridgehead atoms. The Morgan fingerprint density at radius 1 is 1.21 bits per heavy atom. The van der Waals surface area contributed by atoms with Gasteiger partial charge < -0.3 is 10.1 Å². The number of rotatable bonds is 7. The lowest BCUT2D eigenvalue weighted by Crippen LogP contribution is -2.17. The van der Waals surface area contributed by atoms with E-state index >= 15 is 0 Å². The van der Waals surface area contributed by atoms with Crippen LogP contribution in [-0.4, -0.2) is 27.9 Å². The molecule has 0 radical (unpaired) electrons. The fourth-order valence-corrected chi connectivity index (χ4v) is 3.95. The minimum atomic E-state index is -0.276. The number of nitrogens with one attached hydrogen (secondary N) is 2. The summed E-state index contributed by atoms with van der Waals surface area (Å²) in [6.07, 6.45) is 1.51. The topological polar surface area (TPSA) is 93.2 Å². The summed E-state index contributed by atoms with van der Waals surface area (Å²) in [4.78, 5) is 34.0. The van der Waals surface area contributed by atoms with E-state index in [-0.39, 0.29) is 17.9 Å². The Morgan fingerprint density at radius 3 is 2.71 bits per heavy atom. The first-order valence-corrected chi connectivity index (χ1v) is 10.3. The largest absolute Gasteiger partial charge is 0.475 e. The van der Waals surface area contributed by atoms with E-state index in [9.17, 15) is 9.59 Å². The first-order valence-electron chi connectivity index (χ1n) is 8.64. The highest BCUT2D eigenvalue weighted by atomic mass is 32.1. The molecule has 0 aliphatic carbocycles. The van der Waals surface area contributed by atoms with Crippen molar-refractivity contribution in [3.05, 3.63) is 46.3 Å². The van der Waals surface area contributed by atoms with Gasteiger partial charge in [0.05, 0.1) is 28.8 Å². The average molecular weight is 417 g/mol. The molecular formula is C19H20N4O3S2. The molecule has 3 rings (SSSR count). The Kier molecular flexibility index (Phi) is 6.37. The normalized spacial score (nSPS) is 10.7. The lowest BCUT2D eigenvalue weighted by Gasteiger charge is -2.08. The van der Waals surface area contributed by atoms with Crippen molar-refractivity contribution in [1.82, 2.24) is 15.3 Å². The van der Waals surface area contributed by atoms with Crippen LogP contribution in [0.3, 0.4) is 0 Å². The maximum absolute atomic E-state index is 12.4. The lowest BCUT2D eigenvalue weighted by molar-refractivity contribution is -0.119. The number of thiophene rings is 1. The van der Waals surface area contributed by atoms with Crippen LogP contribution < -0.4 is 15.4 Å². The summed E-state index contributed by atoms with van der Waals surface area (Å²) in [6, 6.07) is 7.26. The summed E-state index contributed by atoms with van der Waals surface area (Å²) in [6.45, 7) is 5.82. The van der Waals surface area contributed by atoms with E-state index in [0.717, 1.165) is 15.4 Å². The van der Waals surface area contributed by atoms with Gasteiger partial charge in [-0.1, -0.05) is 0 Å². The van der Waals surface area contributed by atoms with Gasteiger partial charge in [0.1, 0.15) is 0 Å². The number of carbonyl (C=O) groups excluding carboxylic acids is 2. The Bertz CT molecular complexity index is 964. The molecule has 0 unspecified atom stereocenters. The number of aromatic nitrogens is 2. The van der Waals surface area contributed by atoms with Crippen molar-refractivity contribution < 1.29 is 14.3 Å². The SMILES string of the molecule is CC(=O)NCc1ccc(-c2csc(NC(=O)c3ccc(OC(C)C)nc3)n2)s1. The van der Waals surface area contributed by atoms with Crippen molar-refractivity contribution in [1.29, 1.82) is 0 Å². The first kappa shape index (κ1) is 20.0. The molecule has 3 aromatic rings. The van der Waals surface area contributed by atoms with E-state index in [1.807, 2.05) is 31.4 Å². The van der Waals surface area contributed by atoms with Gasteiger partial charge in [-0.25, -0.2) is 9.97 Å². The highest BCUT2D eigenvalue weighted by Crippen LogP contribution is 2.31. The van der Waals surface area contributed by atoms with E-state index in [1.54, 1.807) is 23.5 Å². The lowest BCUT2D eigenvalue weighted by atomic mass is 10.3. The summed E-state index contributed by atoms with van der Waals surface area (Å²) in [5.41, 5.74) is 1.22. The minimum Gasteiger partial charge on any atom is -0.475 e. The first-order chi connectivity index (χ1) is 13.4. The number of ether oxygens (including phenoxy) is 1. The second-order valence-electron chi connectivity index (χ2n) is 6.22. The van der Waals surface area contributed by atoms with Crippen molar-refractivity contribution in [2.24, 2.45) is 0 Å². The smallest absolute Gasteiger partial charge is 0.259 e. The molecule has 9 heteroatoms. The highest BCUT2D eigenvalue weighted by molar-refractivity contribution is 7.17. The number of pyridine rings is 1. The molecule has 0 atom stereocenters. The van der Waals surface area contributed by atoms with E-state index in [2.05, 4.69) is 20.6 Å². The maximum atomic E-state index is 12.4. The predicted molar refractivity (Wildman–Crippen MR) is 111 cm³/mol. The molecule has 3 heterocycles. The fourth-order valence-electron chi connectivity index (χ4n) is 2.26. The summed E-state index contributed by atoms with van der Waals surface area (Å²) in [7, 11) is 0. The van der Waals surface area contributed by atoms with Gasteiger partial charge >= 0.3 is 0 Å². The van der Waals surface area contributed by atoms with Crippen LogP contribution in [0.1, 0.15) is 36.0 Å². The number of amides is 2. The van der Waals surface area contributed by atoms with Crippen LogP contribution in [0, 0.1) is 0 Å². The minimum absolute atomic E-state index is 0.0249. The standard InChI is InChI=1S/C19H20N4O3S2/c1-11(2)26-17-7-4-13(8-21-17)18(25)23-19-22-15(10-27-19)16-6-5-14(28-16)9-20-12(3)24/h4-8,10-11H,9H2,1-3H3,(H,20,24)(H,22,23,25). The van der Waals surface area contributed by atoms with Crippen LogP contribution in [0.5, 0.6) is 5.88 Å². The molecule has 0 aliphatic heterocycles. The van der Waals surface area contributed by atoms with Crippen LogP contribution in [0.4, 0.5) is 5.13 Å². The summed E-state index contributed by atoms with van der Waals surface area (Å²) in [5.74, 6) is 0.143.